The van der Waals surface area contributed by atoms with Crippen LogP contribution in [0, 0.1) is 0 Å². The van der Waals surface area contributed by atoms with Crippen LogP contribution in [0.4, 0.5) is 18.0 Å². The van der Waals surface area contributed by atoms with Crippen LogP contribution in [0.1, 0.15) is 19.4 Å². The second-order valence-electron chi connectivity index (χ2n) is 6.64. The number of nitrogens with one attached hydrogen (secondary N) is 1. The van der Waals surface area contributed by atoms with Crippen molar-refractivity contribution in [2.45, 2.75) is 24.9 Å². The van der Waals surface area contributed by atoms with Gasteiger partial charge in [0.1, 0.15) is 0 Å². The van der Waals surface area contributed by atoms with Gasteiger partial charge in [-0.05, 0) is 32.0 Å². The van der Waals surface area contributed by atoms with Gasteiger partial charge in [0.05, 0.1) is 17.0 Å². The lowest BCUT2D eigenvalue weighted by Gasteiger charge is -2.34. The van der Waals surface area contributed by atoms with E-state index in [0.29, 0.717) is 19.2 Å². The molecule has 3 amide bonds. The Morgan fingerprint density at radius 1 is 1.10 bits per heavy atom. The van der Waals surface area contributed by atoms with E-state index in [4.69, 9.17) is 0 Å². The van der Waals surface area contributed by atoms with Crippen LogP contribution in [0.25, 0.3) is 0 Å². The maximum Gasteiger partial charge on any atom is 0.416 e. The summed E-state index contributed by atoms with van der Waals surface area (Å²) < 4.78 is 65.1. The normalized spacial score (nSPS) is 15.7. The molecule has 2 rings (SSSR count). The first kappa shape index (κ1) is 23.9. The summed E-state index contributed by atoms with van der Waals surface area (Å²) in [5.74, 6) is -0.223. The quantitative estimate of drug-likeness (QED) is 0.713. The third kappa shape index (κ3) is 5.63. The summed E-state index contributed by atoms with van der Waals surface area (Å²) >= 11 is 0. The van der Waals surface area contributed by atoms with E-state index < -0.39 is 32.7 Å². The lowest BCUT2D eigenvalue weighted by molar-refractivity contribution is -0.137. The van der Waals surface area contributed by atoms with Crippen LogP contribution in [-0.4, -0.2) is 80.3 Å². The number of likely N-dealkylation sites (N-methyl/N-ethyl adjacent to an activating group) is 1. The van der Waals surface area contributed by atoms with Crippen molar-refractivity contribution in [2.24, 2.45) is 0 Å². The van der Waals surface area contributed by atoms with E-state index in [1.165, 1.54) is 4.90 Å². The Hall–Kier alpha value is -2.34. The minimum absolute atomic E-state index is 0.0590. The highest BCUT2D eigenvalue weighted by Crippen LogP contribution is 2.31. The molecule has 1 fully saturated rings. The molecule has 0 aromatic heterocycles. The standard InChI is InChI=1S/C18H25F3N4O4S/c1-3-23(4-2)16(26)13-22-17(27)24-8-10-25(11-9-24)30(28,29)15-7-5-6-14(12-15)18(19,20)21/h5-7,12H,3-4,8-11,13H2,1-2H3,(H,22,27). The zero-order valence-electron chi connectivity index (χ0n) is 16.8. The molecule has 0 atom stereocenters. The van der Waals surface area contributed by atoms with Gasteiger partial charge < -0.3 is 15.1 Å². The number of piperazine rings is 1. The highest BCUT2D eigenvalue weighted by Gasteiger charge is 2.34. The van der Waals surface area contributed by atoms with E-state index in [1.54, 1.807) is 4.90 Å². The van der Waals surface area contributed by atoms with Gasteiger partial charge in [0, 0.05) is 39.3 Å². The number of urea groups is 1. The van der Waals surface area contributed by atoms with E-state index in [2.05, 4.69) is 5.32 Å². The molecule has 0 bridgehead atoms. The minimum atomic E-state index is -4.65. The van der Waals surface area contributed by atoms with E-state index >= 15 is 0 Å². The number of hydrogen-bond acceptors (Lipinski definition) is 4. The number of alkyl halides is 3. The smallest absolute Gasteiger partial charge is 0.342 e. The van der Waals surface area contributed by atoms with Crippen LogP contribution < -0.4 is 5.32 Å². The second kappa shape index (κ2) is 9.65. The first-order valence-corrected chi connectivity index (χ1v) is 10.9. The molecule has 12 heteroatoms. The van der Waals surface area contributed by atoms with E-state index in [1.807, 2.05) is 13.8 Å². The van der Waals surface area contributed by atoms with Crippen LogP contribution in [0.5, 0.6) is 0 Å². The van der Waals surface area contributed by atoms with Gasteiger partial charge in [-0.25, -0.2) is 13.2 Å². The van der Waals surface area contributed by atoms with Crippen molar-refractivity contribution in [1.82, 2.24) is 19.4 Å². The van der Waals surface area contributed by atoms with E-state index in [0.717, 1.165) is 22.5 Å². The topological polar surface area (TPSA) is 90.0 Å². The molecule has 1 saturated heterocycles. The summed E-state index contributed by atoms with van der Waals surface area (Å²) in [6, 6.07) is 3.08. The average molecular weight is 450 g/mol. The molecule has 1 aromatic rings. The molecule has 0 spiro atoms. The largest absolute Gasteiger partial charge is 0.416 e. The molecule has 0 radical (unpaired) electrons. The third-order valence-electron chi connectivity index (χ3n) is 4.83. The minimum Gasteiger partial charge on any atom is -0.342 e. The molecule has 8 nitrogen and oxygen atoms in total. The first-order chi connectivity index (χ1) is 14.0. The van der Waals surface area contributed by atoms with Crippen LogP contribution in [0.3, 0.4) is 0 Å². The van der Waals surface area contributed by atoms with Crippen LogP contribution in [0.15, 0.2) is 29.2 Å². The number of carbonyl (C=O) groups excluding carboxylic acids is 2. The van der Waals surface area contributed by atoms with Gasteiger partial charge in [0.2, 0.25) is 15.9 Å². The monoisotopic (exact) mass is 450 g/mol. The van der Waals surface area contributed by atoms with Gasteiger partial charge in [-0.3, -0.25) is 4.79 Å². The number of rotatable bonds is 6. The van der Waals surface area contributed by atoms with Crippen LogP contribution in [-0.2, 0) is 21.0 Å². The Labute approximate surface area is 173 Å². The molecule has 1 aromatic carbocycles. The summed E-state index contributed by atoms with van der Waals surface area (Å²) in [5, 5.41) is 2.51. The molecule has 1 aliphatic rings. The molecular formula is C18H25F3N4O4S. The van der Waals surface area contributed by atoms with E-state index in [9.17, 15) is 31.2 Å². The Balaban J connectivity index is 1.96. The third-order valence-corrected chi connectivity index (χ3v) is 6.73. The zero-order chi connectivity index (χ0) is 22.5. The van der Waals surface area contributed by atoms with Gasteiger partial charge in [-0.2, -0.15) is 17.5 Å². The Kier molecular flexibility index (Phi) is 7.70. The fourth-order valence-corrected chi connectivity index (χ4v) is 4.53. The van der Waals surface area contributed by atoms with Crippen molar-refractivity contribution in [3.05, 3.63) is 29.8 Å². The second-order valence-corrected chi connectivity index (χ2v) is 8.58. The van der Waals surface area contributed by atoms with Gasteiger partial charge in [0.15, 0.2) is 0 Å². The van der Waals surface area contributed by atoms with Gasteiger partial charge >= 0.3 is 12.2 Å². The summed E-state index contributed by atoms with van der Waals surface area (Å²) in [6.45, 7) is 4.54. The zero-order valence-corrected chi connectivity index (χ0v) is 17.6. The predicted molar refractivity (Wildman–Crippen MR) is 103 cm³/mol. The van der Waals surface area contributed by atoms with E-state index in [-0.39, 0.29) is 38.6 Å². The SMILES string of the molecule is CCN(CC)C(=O)CNC(=O)N1CCN(S(=O)(=O)c2cccc(C(F)(F)F)c2)CC1. The highest BCUT2D eigenvalue weighted by molar-refractivity contribution is 7.89. The van der Waals surface area contributed by atoms with Crippen LogP contribution >= 0.6 is 0 Å². The molecule has 0 aliphatic carbocycles. The summed E-state index contributed by atoms with van der Waals surface area (Å²) in [7, 11) is -4.12. The fourth-order valence-electron chi connectivity index (χ4n) is 3.06. The number of sulfonamides is 1. The molecule has 1 aliphatic heterocycles. The van der Waals surface area contributed by atoms with Crippen molar-refractivity contribution < 1.29 is 31.2 Å². The first-order valence-electron chi connectivity index (χ1n) is 9.48. The lowest BCUT2D eigenvalue weighted by atomic mass is 10.2. The molecule has 1 N–H and O–H groups in total. The average Bonchev–Trinajstić information content (AvgIpc) is 2.72. The number of amides is 3. The summed E-state index contributed by atoms with van der Waals surface area (Å²) in [5.41, 5.74) is -1.04. The number of carbonyl (C=O) groups is 2. The molecular weight excluding hydrogens is 425 g/mol. The van der Waals surface area contributed by atoms with Crippen molar-refractivity contribution >= 4 is 22.0 Å². The molecule has 30 heavy (non-hydrogen) atoms. The Morgan fingerprint density at radius 3 is 2.23 bits per heavy atom. The molecule has 168 valence electrons. The van der Waals surface area contributed by atoms with Crippen molar-refractivity contribution in [3.63, 3.8) is 0 Å². The Bertz CT molecular complexity index is 864. The Morgan fingerprint density at radius 2 is 1.70 bits per heavy atom. The lowest BCUT2D eigenvalue weighted by Crippen LogP contribution is -2.54. The summed E-state index contributed by atoms with van der Waals surface area (Å²) in [6.07, 6.45) is -4.65. The number of nitrogens with zero attached hydrogens (tertiary/aromatic N) is 3. The molecule has 0 saturated carbocycles. The van der Waals surface area contributed by atoms with Gasteiger partial charge in [0.25, 0.3) is 0 Å². The highest BCUT2D eigenvalue weighted by atomic mass is 32.2. The number of halogens is 3. The maximum atomic E-state index is 12.9. The van der Waals surface area contributed by atoms with Crippen molar-refractivity contribution in [3.8, 4) is 0 Å². The molecule has 1 heterocycles. The van der Waals surface area contributed by atoms with Gasteiger partial charge in [-0.15, -0.1) is 0 Å². The van der Waals surface area contributed by atoms with Crippen molar-refractivity contribution in [2.75, 3.05) is 45.8 Å². The van der Waals surface area contributed by atoms with Crippen molar-refractivity contribution in [1.29, 1.82) is 0 Å². The fraction of sp³-hybridized carbons (Fsp3) is 0.556. The summed E-state index contributed by atoms with van der Waals surface area (Å²) in [4.78, 5) is 26.7. The maximum absolute atomic E-state index is 12.9. The number of benzene rings is 1. The van der Waals surface area contributed by atoms with Gasteiger partial charge in [-0.1, -0.05) is 6.07 Å². The number of hydrogen-bond donors (Lipinski definition) is 1. The molecule has 0 unspecified atom stereocenters. The van der Waals surface area contributed by atoms with Crippen LogP contribution in [0.2, 0.25) is 0 Å². The predicted octanol–water partition coefficient (Wildman–Crippen LogP) is 1.59.